The van der Waals surface area contributed by atoms with Crippen LogP contribution in [0.25, 0.3) is 10.9 Å². The summed E-state index contributed by atoms with van der Waals surface area (Å²) in [5, 5.41) is 2.27. The van der Waals surface area contributed by atoms with Crippen molar-refractivity contribution in [3.05, 3.63) is 69.8 Å². The van der Waals surface area contributed by atoms with Crippen molar-refractivity contribution in [3.63, 3.8) is 0 Å². The highest BCUT2D eigenvalue weighted by molar-refractivity contribution is 6.35. The number of hydrogen-bond donors (Lipinski definition) is 0. The summed E-state index contributed by atoms with van der Waals surface area (Å²) < 4.78 is 11.4. The first-order valence-electron chi connectivity index (χ1n) is 8.87. The summed E-state index contributed by atoms with van der Waals surface area (Å²) >= 11 is 12.7. The predicted octanol–water partition coefficient (Wildman–Crippen LogP) is 4.97. The van der Waals surface area contributed by atoms with Gasteiger partial charge >= 0.3 is 0 Å². The van der Waals surface area contributed by atoms with Crippen LogP contribution in [0.3, 0.4) is 0 Å². The molecule has 4 nitrogen and oxygen atoms in total. The molecule has 0 saturated carbocycles. The molecule has 1 fully saturated rings. The molecular weight excluding hydrogens is 383 g/mol. The fourth-order valence-electron chi connectivity index (χ4n) is 3.68. The van der Waals surface area contributed by atoms with Crippen molar-refractivity contribution in [2.45, 2.75) is 6.04 Å². The van der Waals surface area contributed by atoms with Gasteiger partial charge in [-0.3, -0.25) is 9.88 Å². The Morgan fingerprint density at radius 1 is 1.11 bits per heavy atom. The molecule has 4 rings (SSSR count). The van der Waals surface area contributed by atoms with Crippen molar-refractivity contribution in [1.82, 2.24) is 9.88 Å². The quantitative estimate of drug-likeness (QED) is 0.616. The molecule has 1 atom stereocenters. The minimum atomic E-state index is -0.0231. The SMILES string of the molecule is COc1c(C(c2ccc(Cl)cc2)N2CCOCC2)cc(Cl)c2cccnc12. The number of rotatable bonds is 4. The lowest BCUT2D eigenvalue weighted by Gasteiger charge is -2.36. The van der Waals surface area contributed by atoms with Crippen molar-refractivity contribution < 1.29 is 9.47 Å². The van der Waals surface area contributed by atoms with E-state index in [1.54, 1.807) is 13.3 Å². The zero-order valence-corrected chi connectivity index (χ0v) is 16.5. The first-order valence-corrected chi connectivity index (χ1v) is 9.63. The van der Waals surface area contributed by atoms with Crippen LogP contribution in [0.1, 0.15) is 17.2 Å². The molecule has 1 unspecified atom stereocenters. The average molecular weight is 403 g/mol. The Morgan fingerprint density at radius 3 is 2.56 bits per heavy atom. The Hall–Kier alpha value is -1.85. The standard InChI is InChI=1S/C21H20Cl2N2O2/c1-26-21-17(13-18(23)16-3-2-8-24-19(16)21)20(25-9-11-27-12-10-25)14-4-6-15(22)7-5-14/h2-8,13,20H,9-12H2,1H3. The highest BCUT2D eigenvalue weighted by Gasteiger charge is 2.29. The van der Waals surface area contributed by atoms with Gasteiger partial charge in [-0.1, -0.05) is 35.3 Å². The Kier molecular flexibility index (Phi) is 5.50. The number of fused-ring (bicyclic) bond motifs is 1. The number of hydrogen-bond acceptors (Lipinski definition) is 4. The second-order valence-electron chi connectivity index (χ2n) is 6.48. The van der Waals surface area contributed by atoms with Gasteiger partial charge in [-0.25, -0.2) is 0 Å². The van der Waals surface area contributed by atoms with Gasteiger partial charge in [0.15, 0.2) is 0 Å². The molecule has 6 heteroatoms. The van der Waals surface area contributed by atoms with E-state index in [-0.39, 0.29) is 6.04 Å². The Bertz CT molecular complexity index is 941. The molecule has 1 aliphatic rings. The minimum Gasteiger partial charge on any atom is -0.494 e. The van der Waals surface area contributed by atoms with E-state index in [2.05, 4.69) is 22.0 Å². The van der Waals surface area contributed by atoms with Crippen LogP contribution in [0.2, 0.25) is 10.0 Å². The summed E-state index contributed by atoms with van der Waals surface area (Å²) in [4.78, 5) is 6.92. The van der Waals surface area contributed by atoms with Crippen molar-refractivity contribution in [3.8, 4) is 5.75 Å². The summed E-state index contributed by atoms with van der Waals surface area (Å²) in [7, 11) is 1.68. The van der Waals surface area contributed by atoms with Gasteiger partial charge < -0.3 is 9.47 Å². The highest BCUT2D eigenvalue weighted by Crippen LogP contribution is 2.41. The van der Waals surface area contributed by atoms with Crippen molar-refractivity contribution >= 4 is 34.1 Å². The van der Waals surface area contributed by atoms with Crippen LogP contribution in [0.5, 0.6) is 5.75 Å². The summed E-state index contributed by atoms with van der Waals surface area (Å²) in [5.41, 5.74) is 2.90. The smallest absolute Gasteiger partial charge is 0.150 e. The van der Waals surface area contributed by atoms with Gasteiger partial charge in [0.25, 0.3) is 0 Å². The van der Waals surface area contributed by atoms with E-state index in [4.69, 9.17) is 32.7 Å². The number of aromatic nitrogens is 1. The number of ether oxygens (including phenoxy) is 2. The van der Waals surface area contributed by atoms with Crippen LogP contribution >= 0.6 is 23.2 Å². The molecule has 1 aromatic heterocycles. The molecule has 1 aliphatic heterocycles. The zero-order valence-electron chi connectivity index (χ0n) is 15.0. The number of nitrogens with zero attached hydrogens (tertiary/aromatic N) is 2. The fraction of sp³-hybridized carbons (Fsp3) is 0.286. The topological polar surface area (TPSA) is 34.6 Å². The Labute approximate surface area is 168 Å². The minimum absolute atomic E-state index is 0.0231. The van der Waals surface area contributed by atoms with E-state index in [0.717, 1.165) is 40.9 Å². The van der Waals surface area contributed by atoms with Gasteiger partial charge in [-0.15, -0.1) is 0 Å². The van der Waals surface area contributed by atoms with Crippen LogP contribution in [-0.2, 0) is 4.74 Å². The summed E-state index contributed by atoms with van der Waals surface area (Å²) in [6.07, 6.45) is 1.76. The van der Waals surface area contributed by atoms with E-state index in [1.807, 2.05) is 30.3 Å². The Morgan fingerprint density at radius 2 is 1.85 bits per heavy atom. The molecule has 27 heavy (non-hydrogen) atoms. The lowest BCUT2D eigenvalue weighted by Crippen LogP contribution is -2.39. The predicted molar refractivity (Wildman–Crippen MR) is 109 cm³/mol. The lowest BCUT2D eigenvalue weighted by atomic mass is 9.94. The zero-order chi connectivity index (χ0) is 18.8. The van der Waals surface area contributed by atoms with Crippen LogP contribution in [0.4, 0.5) is 0 Å². The van der Waals surface area contributed by atoms with Gasteiger partial charge in [0.1, 0.15) is 11.3 Å². The molecule has 1 saturated heterocycles. The van der Waals surface area contributed by atoms with Crippen molar-refractivity contribution in [2.75, 3.05) is 33.4 Å². The molecule has 2 aromatic carbocycles. The third kappa shape index (κ3) is 3.63. The number of halogens is 2. The van der Waals surface area contributed by atoms with E-state index in [0.29, 0.717) is 23.3 Å². The molecule has 0 N–H and O–H groups in total. The molecule has 0 aliphatic carbocycles. The summed E-state index contributed by atoms with van der Waals surface area (Å²) in [5.74, 6) is 0.751. The third-order valence-electron chi connectivity index (χ3n) is 4.92. The number of benzene rings is 2. The van der Waals surface area contributed by atoms with Crippen LogP contribution in [0, 0.1) is 0 Å². The molecule has 0 radical (unpaired) electrons. The molecule has 0 amide bonds. The first-order chi connectivity index (χ1) is 13.2. The maximum Gasteiger partial charge on any atom is 0.150 e. The molecule has 140 valence electrons. The van der Waals surface area contributed by atoms with Gasteiger partial charge in [0, 0.05) is 35.3 Å². The normalized spacial score (nSPS) is 16.4. The third-order valence-corrected chi connectivity index (χ3v) is 5.48. The maximum atomic E-state index is 6.63. The highest BCUT2D eigenvalue weighted by atomic mass is 35.5. The second-order valence-corrected chi connectivity index (χ2v) is 7.33. The number of morpholine rings is 1. The summed E-state index contributed by atoms with van der Waals surface area (Å²) in [6, 6.07) is 13.8. The number of methoxy groups -OCH3 is 1. The molecule has 3 aromatic rings. The number of pyridine rings is 1. The van der Waals surface area contributed by atoms with E-state index in [1.165, 1.54) is 0 Å². The van der Waals surface area contributed by atoms with Gasteiger partial charge in [0.05, 0.1) is 31.4 Å². The summed E-state index contributed by atoms with van der Waals surface area (Å²) in [6.45, 7) is 3.06. The fourth-order valence-corrected chi connectivity index (χ4v) is 4.08. The molecule has 0 bridgehead atoms. The van der Waals surface area contributed by atoms with Crippen LogP contribution in [-0.4, -0.2) is 43.3 Å². The molecule has 2 heterocycles. The van der Waals surface area contributed by atoms with Crippen LogP contribution < -0.4 is 4.74 Å². The monoisotopic (exact) mass is 402 g/mol. The molecular formula is C21H20Cl2N2O2. The van der Waals surface area contributed by atoms with Gasteiger partial charge in [-0.05, 0) is 35.9 Å². The first kappa shape index (κ1) is 18.5. The lowest BCUT2D eigenvalue weighted by molar-refractivity contribution is 0.0236. The van der Waals surface area contributed by atoms with Crippen LogP contribution in [0.15, 0.2) is 48.7 Å². The van der Waals surface area contributed by atoms with Gasteiger partial charge in [-0.2, -0.15) is 0 Å². The van der Waals surface area contributed by atoms with E-state index >= 15 is 0 Å². The van der Waals surface area contributed by atoms with Crippen molar-refractivity contribution in [2.24, 2.45) is 0 Å². The van der Waals surface area contributed by atoms with Crippen molar-refractivity contribution in [1.29, 1.82) is 0 Å². The molecule has 0 spiro atoms. The largest absolute Gasteiger partial charge is 0.494 e. The average Bonchev–Trinajstić information content (AvgIpc) is 2.71. The second kappa shape index (κ2) is 8.03. The van der Waals surface area contributed by atoms with E-state index in [9.17, 15) is 0 Å². The van der Waals surface area contributed by atoms with Gasteiger partial charge in [0.2, 0.25) is 0 Å². The maximum absolute atomic E-state index is 6.63. The van der Waals surface area contributed by atoms with E-state index < -0.39 is 0 Å². The Balaban J connectivity index is 1.92.